The van der Waals surface area contributed by atoms with E-state index < -0.39 is 0 Å². The van der Waals surface area contributed by atoms with Gasteiger partial charge < -0.3 is 5.32 Å². The maximum absolute atomic E-state index is 6.16. The molecular weight excluding hydrogens is 309 g/mol. The number of benzene rings is 1. The van der Waals surface area contributed by atoms with Crippen LogP contribution in [0, 0.1) is 0 Å². The fourth-order valence-corrected chi connectivity index (χ4v) is 3.15. The summed E-state index contributed by atoms with van der Waals surface area (Å²) in [6.45, 7) is 2.13. The summed E-state index contributed by atoms with van der Waals surface area (Å²) in [5, 5.41) is 7.02. The van der Waals surface area contributed by atoms with Crippen LogP contribution in [0.5, 0.6) is 0 Å². The zero-order valence-corrected chi connectivity index (χ0v) is 12.8. The maximum Gasteiger partial charge on any atom is 0.0653 e. The van der Waals surface area contributed by atoms with E-state index in [-0.39, 0.29) is 6.04 Å². The molecule has 0 bridgehead atoms. The van der Waals surface area contributed by atoms with Crippen LogP contribution < -0.4 is 5.32 Å². The number of nitrogens with one attached hydrogen (secondary N) is 1. The molecule has 0 saturated heterocycles. The van der Waals surface area contributed by atoms with Gasteiger partial charge in [0.15, 0.2) is 0 Å². The molecule has 2 rings (SSSR count). The van der Waals surface area contributed by atoms with E-state index in [1.165, 1.54) is 4.88 Å². The molecule has 0 saturated carbocycles. The van der Waals surface area contributed by atoms with Crippen molar-refractivity contribution in [1.82, 2.24) is 0 Å². The molecule has 0 aliphatic carbocycles. The van der Waals surface area contributed by atoms with Crippen molar-refractivity contribution in [3.63, 3.8) is 0 Å². The van der Waals surface area contributed by atoms with Crippen LogP contribution in [0.15, 0.2) is 29.6 Å². The summed E-state index contributed by atoms with van der Waals surface area (Å²) in [5.74, 6) is 0. The van der Waals surface area contributed by atoms with Crippen molar-refractivity contribution in [3.05, 3.63) is 49.6 Å². The molecule has 1 aromatic heterocycles. The molecule has 0 fully saturated rings. The standard InChI is InChI=1S/C13H12Cl3NS/c1-2-11(13-4-3-5-18-13)17-12-7-9(15)8(14)6-10(12)16/h3-7,11,17H,2H2,1H3. The minimum Gasteiger partial charge on any atom is -0.376 e. The number of rotatable bonds is 4. The van der Waals surface area contributed by atoms with Gasteiger partial charge in [0, 0.05) is 4.88 Å². The highest BCUT2D eigenvalue weighted by Gasteiger charge is 2.13. The van der Waals surface area contributed by atoms with Crippen LogP contribution in [0.3, 0.4) is 0 Å². The molecule has 96 valence electrons. The van der Waals surface area contributed by atoms with E-state index in [9.17, 15) is 0 Å². The first-order chi connectivity index (χ1) is 8.61. The third-order valence-corrected chi connectivity index (χ3v) is 4.66. The van der Waals surface area contributed by atoms with Crippen LogP contribution in [0.25, 0.3) is 0 Å². The lowest BCUT2D eigenvalue weighted by atomic mass is 10.1. The molecule has 1 nitrogen and oxygen atoms in total. The molecule has 1 aromatic carbocycles. The second-order valence-corrected chi connectivity index (χ2v) is 6.07. The normalized spacial score (nSPS) is 12.4. The van der Waals surface area contributed by atoms with Crippen molar-refractivity contribution in [2.75, 3.05) is 5.32 Å². The van der Waals surface area contributed by atoms with Crippen molar-refractivity contribution < 1.29 is 0 Å². The Hall–Kier alpha value is -0.410. The number of halogens is 3. The largest absolute Gasteiger partial charge is 0.376 e. The van der Waals surface area contributed by atoms with Gasteiger partial charge in [0.1, 0.15) is 0 Å². The first-order valence-corrected chi connectivity index (χ1v) is 7.57. The number of anilines is 1. The van der Waals surface area contributed by atoms with E-state index in [0.29, 0.717) is 15.1 Å². The highest BCUT2D eigenvalue weighted by molar-refractivity contribution is 7.10. The van der Waals surface area contributed by atoms with E-state index >= 15 is 0 Å². The summed E-state index contributed by atoms with van der Waals surface area (Å²) in [5.41, 5.74) is 0.811. The predicted octanol–water partition coefficient (Wildman–Crippen LogP) is 6.27. The van der Waals surface area contributed by atoms with Gasteiger partial charge in [-0.2, -0.15) is 0 Å². The Balaban J connectivity index is 2.25. The lowest BCUT2D eigenvalue weighted by molar-refractivity contribution is 0.764. The Morgan fingerprint density at radius 2 is 1.89 bits per heavy atom. The summed E-state index contributed by atoms with van der Waals surface area (Å²) in [6.07, 6.45) is 0.969. The third kappa shape index (κ3) is 3.12. The van der Waals surface area contributed by atoms with Crippen molar-refractivity contribution in [2.24, 2.45) is 0 Å². The van der Waals surface area contributed by atoms with Crippen LogP contribution in [-0.2, 0) is 0 Å². The number of hydrogen-bond donors (Lipinski definition) is 1. The molecule has 0 aliphatic heterocycles. The summed E-state index contributed by atoms with van der Waals surface area (Å²) in [7, 11) is 0. The van der Waals surface area contributed by atoms with Gasteiger partial charge in [-0.25, -0.2) is 0 Å². The van der Waals surface area contributed by atoms with E-state index in [1.54, 1.807) is 23.5 Å². The zero-order chi connectivity index (χ0) is 13.1. The van der Waals surface area contributed by atoms with Crippen LogP contribution in [0.1, 0.15) is 24.3 Å². The fourth-order valence-electron chi connectivity index (χ4n) is 1.68. The molecular formula is C13H12Cl3NS. The van der Waals surface area contributed by atoms with Gasteiger partial charge in [0.05, 0.1) is 26.8 Å². The lowest BCUT2D eigenvalue weighted by Crippen LogP contribution is -2.08. The molecule has 5 heteroatoms. The van der Waals surface area contributed by atoms with Gasteiger partial charge in [-0.15, -0.1) is 11.3 Å². The average molecular weight is 321 g/mol. The maximum atomic E-state index is 6.16. The second-order valence-electron chi connectivity index (χ2n) is 3.87. The Kier molecular flexibility index (Phi) is 4.79. The molecule has 1 heterocycles. The predicted molar refractivity (Wildman–Crippen MR) is 82.4 cm³/mol. The molecule has 1 N–H and O–H groups in total. The number of hydrogen-bond acceptors (Lipinski definition) is 2. The van der Waals surface area contributed by atoms with E-state index in [4.69, 9.17) is 34.8 Å². The summed E-state index contributed by atoms with van der Waals surface area (Å²) >= 11 is 19.8. The monoisotopic (exact) mass is 319 g/mol. The zero-order valence-electron chi connectivity index (χ0n) is 9.71. The van der Waals surface area contributed by atoms with Crippen LogP contribution >= 0.6 is 46.1 Å². The molecule has 18 heavy (non-hydrogen) atoms. The molecule has 0 radical (unpaired) electrons. The summed E-state index contributed by atoms with van der Waals surface area (Å²) in [4.78, 5) is 1.28. The van der Waals surface area contributed by atoms with Crippen LogP contribution in [0.2, 0.25) is 15.1 Å². The topological polar surface area (TPSA) is 12.0 Å². The highest BCUT2D eigenvalue weighted by Crippen LogP contribution is 2.35. The quantitative estimate of drug-likeness (QED) is 0.654. The van der Waals surface area contributed by atoms with Gasteiger partial charge in [-0.1, -0.05) is 47.8 Å². The Morgan fingerprint density at radius 1 is 1.17 bits per heavy atom. The Bertz CT molecular complexity index is 525. The van der Waals surface area contributed by atoms with E-state index in [0.717, 1.165) is 12.1 Å². The first-order valence-electron chi connectivity index (χ1n) is 5.56. The summed E-state index contributed by atoms with van der Waals surface area (Å²) < 4.78 is 0. The minimum absolute atomic E-state index is 0.236. The fraction of sp³-hybridized carbons (Fsp3) is 0.231. The first kappa shape index (κ1) is 14.0. The van der Waals surface area contributed by atoms with Crippen LogP contribution in [0.4, 0.5) is 5.69 Å². The third-order valence-electron chi connectivity index (χ3n) is 2.63. The van der Waals surface area contributed by atoms with Gasteiger partial charge in [-0.05, 0) is 30.0 Å². The van der Waals surface area contributed by atoms with Crippen molar-refractivity contribution in [1.29, 1.82) is 0 Å². The summed E-state index contributed by atoms with van der Waals surface area (Å²) in [6, 6.07) is 7.81. The molecule has 1 atom stereocenters. The Morgan fingerprint density at radius 3 is 2.50 bits per heavy atom. The van der Waals surface area contributed by atoms with Crippen molar-refractivity contribution in [2.45, 2.75) is 19.4 Å². The smallest absolute Gasteiger partial charge is 0.0653 e. The average Bonchev–Trinajstić information content (AvgIpc) is 2.85. The molecule has 1 unspecified atom stereocenters. The van der Waals surface area contributed by atoms with Gasteiger partial charge >= 0.3 is 0 Å². The van der Waals surface area contributed by atoms with Crippen molar-refractivity contribution >= 4 is 51.8 Å². The molecule has 0 spiro atoms. The van der Waals surface area contributed by atoms with Gasteiger partial charge in [0.25, 0.3) is 0 Å². The van der Waals surface area contributed by atoms with E-state index in [1.807, 2.05) is 6.07 Å². The van der Waals surface area contributed by atoms with Gasteiger partial charge in [-0.3, -0.25) is 0 Å². The molecule has 0 amide bonds. The highest BCUT2D eigenvalue weighted by atomic mass is 35.5. The van der Waals surface area contributed by atoms with Gasteiger partial charge in [0.2, 0.25) is 0 Å². The number of thiophene rings is 1. The Labute approximate surface area is 126 Å². The second kappa shape index (κ2) is 6.16. The molecule has 2 aromatic rings. The van der Waals surface area contributed by atoms with Crippen molar-refractivity contribution in [3.8, 4) is 0 Å². The van der Waals surface area contributed by atoms with E-state index in [2.05, 4.69) is 23.7 Å². The minimum atomic E-state index is 0.236. The SMILES string of the molecule is CCC(Nc1cc(Cl)c(Cl)cc1Cl)c1cccs1. The van der Waals surface area contributed by atoms with Crippen LogP contribution in [-0.4, -0.2) is 0 Å². The molecule has 0 aliphatic rings. The lowest BCUT2D eigenvalue weighted by Gasteiger charge is -2.18.